The van der Waals surface area contributed by atoms with Gasteiger partial charge in [-0.25, -0.2) is 0 Å². The first-order valence-corrected chi connectivity index (χ1v) is 6.08. The zero-order valence-electron chi connectivity index (χ0n) is 10.8. The molecule has 0 spiro atoms. The van der Waals surface area contributed by atoms with Crippen molar-refractivity contribution in [1.29, 1.82) is 0 Å². The van der Waals surface area contributed by atoms with Gasteiger partial charge in [-0.1, -0.05) is 26.3 Å². The van der Waals surface area contributed by atoms with Gasteiger partial charge in [0.25, 0.3) is 0 Å². The number of aliphatic hydroxyl groups excluding tert-OH is 1. The van der Waals surface area contributed by atoms with Crippen molar-refractivity contribution in [2.24, 2.45) is 5.41 Å². The van der Waals surface area contributed by atoms with Crippen molar-refractivity contribution in [3.05, 3.63) is 12.2 Å². The highest BCUT2D eigenvalue weighted by Gasteiger charge is 2.43. The highest BCUT2D eigenvalue weighted by molar-refractivity contribution is 5.01. The summed E-state index contributed by atoms with van der Waals surface area (Å²) in [5, 5.41) is 9.76. The summed E-state index contributed by atoms with van der Waals surface area (Å²) in [6, 6.07) is 0. The Balaban J connectivity index is 2.70. The molecular formula is C13H24O3. The maximum atomic E-state index is 9.76. The molecule has 0 aliphatic carbocycles. The SMILES string of the molecule is C/C=C/C1([C@H](C)O)OCC(C)(CCC)CO1. The molecule has 0 aromatic carbocycles. The molecule has 3 nitrogen and oxygen atoms in total. The van der Waals surface area contributed by atoms with Gasteiger partial charge in [-0.3, -0.25) is 0 Å². The third-order valence-corrected chi connectivity index (χ3v) is 3.13. The van der Waals surface area contributed by atoms with Gasteiger partial charge in [0.15, 0.2) is 0 Å². The molecule has 0 aromatic rings. The molecule has 0 bridgehead atoms. The first kappa shape index (κ1) is 13.7. The average molecular weight is 228 g/mol. The maximum absolute atomic E-state index is 9.76. The lowest BCUT2D eigenvalue weighted by molar-refractivity contribution is -0.307. The molecule has 1 rings (SSSR count). The average Bonchev–Trinajstić information content (AvgIpc) is 2.22. The van der Waals surface area contributed by atoms with Gasteiger partial charge in [0.2, 0.25) is 5.79 Å². The normalized spacial score (nSPS) is 37.8. The second-order valence-electron chi connectivity index (χ2n) is 5.04. The number of rotatable bonds is 4. The van der Waals surface area contributed by atoms with Gasteiger partial charge < -0.3 is 14.6 Å². The lowest BCUT2D eigenvalue weighted by Gasteiger charge is -2.44. The Morgan fingerprint density at radius 1 is 1.38 bits per heavy atom. The molecule has 1 N–H and O–H groups in total. The molecule has 1 atom stereocenters. The van der Waals surface area contributed by atoms with Crippen molar-refractivity contribution in [2.75, 3.05) is 13.2 Å². The summed E-state index contributed by atoms with van der Waals surface area (Å²) in [5.74, 6) is -0.942. The molecule has 0 saturated carbocycles. The van der Waals surface area contributed by atoms with Crippen molar-refractivity contribution in [2.45, 2.75) is 52.4 Å². The van der Waals surface area contributed by atoms with Crippen molar-refractivity contribution in [3.8, 4) is 0 Å². The lowest BCUT2D eigenvalue weighted by Crippen LogP contribution is -2.53. The van der Waals surface area contributed by atoms with Crippen LogP contribution in [0.3, 0.4) is 0 Å². The van der Waals surface area contributed by atoms with Crippen LogP contribution >= 0.6 is 0 Å². The van der Waals surface area contributed by atoms with Crippen LogP contribution in [0, 0.1) is 5.41 Å². The zero-order chi connectivity index (χ0) is 12.2. The van der Waals surface area contributed by atoms with Crippen LogP contribution in [0.25, 0.3) is 0 Å². The largest absolute Gasteiger partial charge is 0.387 e. The molecule has 1 heterocycles. The van der Waals surface area contributed by atoms with Crippen molar-refractivity contribution < 1.29 is 14.6 Å². The van der Waals surface area contributed by atoms with E-state index in [1.54, 1.807) is 13.0 Å². The van der Waals surface area contributed by atoms with E-state index in [1.165, 1.54) is 0 Å². The number of allylic oxidation sites excluding steroid dienone is 1. The topological polar surface area (TPSA) is 38.7 Å². The van der Waals surface area contributed by atoms with E-state index in [0.29, 0.717) is 13.2 Å². The molecule has 94 valence electrons. The molecule has 16 heavy (non-hydrogen) atoms. The zero-order valence-corrected chi connectivity index (χ0v) is 10.8. The summed E-state index contributed by atoms with van der Waals surface area (Å²) in [6.45, 7) is 9.19. The number of hydrogen-bond donors (Lipinski definition) is 1. The predicted octanol–water partition coefficient (Wildman–Crippen LogP) is 2.49. The highest BCUT2D eigenvalue weighted by Crippen LogP contribution is 2.35. The molecule has 1 saturated heterocycles. The Labute approximate surface area is 98.4 Å². The smallest absolute Gasteiger partial charge is 0.214 e. The van der Waals surface area contributed by atoms with E-state index in [1.807, 2.05) is 13.0 Å². The highest BCUT2D eigenvalue weighted by atomic mass is 16.7. The summed E-state index contributed by atoms with van der Waals surface area (Å²) in [5.41, 5.74) is 0.0781. The first-order valence-electron chi connectivity index (χ1n) is 6.08. The molecule has 0 unspecified atom stereocenters. The van der Waals surface area contributed by atoms with E-state index >= 15 is 0 Å². The lowest BCUT2D eigenvalue weighted by atomic mass is 9.86. The van der Waals surface area contributed by atoms with E-state index in [4.69, 9.17) is 9.47 Å². The summed E-state index contributed by atoms with van der Waals surface area (Å²) < 4.78 is 11.6. The van der Waals surface area contributed by atoms with E-state index < -0.39 is 11.9 Å². The van der Waals surface area contributed by atoms with Gasteiger partial charge in [-0.15, -0.1) is 0 Å². The minimum Gasteiger partial charge on any atom is -0.387 e. The number of aliphatic hydroxyl groups is 1. The van der Waals surface area contributed by atoms with E-state index in [2.05, 4.69) is 13.8 Å². The van der Waals surface area contributed by atoms with Crippen LogP contribution in [-0.2, 0) is 9.47 Å². The maximum Gasteiger partial charge on any atom is 0.214 e. The second-order valence-corrected chi connectivity index (χ2v) is 5.04. The van der Waals surface area contributed by atoms with Gasteiger partial charge in [0, 0.05) is 5.41 Å². The van der Waals surface area contributed by atoms with Crippen LogP contribution < -0.4 is 0 Å². The minimum absolute atomic E-state index is 0.0781. The Morgan fingerprint density at radius 3 is 2.31 bits per heavy atom. The van der Waals surface area contributed by atoms with Crippen molar-refractivity contribution in [3.63, 3.8) is 0 Å². The third kappa shape index (κ3) is 2.84. The van der Waals surface area contributed by atoms with E-state index in [0.717, 1.165) is 12.8 Å². The fraction of sp³-hybridized carbons (Fsp3) is 0.846. The van der Waals surface area contributed by atoms with Crippen LogP contribution in [0.4, 0.5) is 0 Å². The van der Waals surface area contributed by atoms with E-state index in [9.17, 15) is 5.11 Å². The summed E-state index contributed by atoms with van der Waals surface area (Å²) in [7, 11) is 0. The summed E-state index contributed by atoms with van der Waals surface area (Å²) in [6.07, 6.45) is 5.20. The van der Waals surface area contributed by atoms with E-state index in [-0.39, 0.29) is 5.41 Å². The van der Waals surface area contributed by atoms with Crippen LogP contribution in [0.15, 0.2) is 12.2 Å². The van der Waals surface area contributed by atoms with Gasteiger partial charge in [0.1, 0.15) is 6.10 Å². The molecule has 0 aromatic heterocycles. The molecule has 1 aliphatic heterocycles. The standard InChI is InChI=1S/C13H24O3/c1-5-7-12(4)9-15-13(8-6-2,11(3)14)16-10-12/h6,8,11,14H,5,7,9-10H2,1-4H3/b8-6+/t11-,12?,13?/m0/s1. The molecule has 3 heteroatoms. The third-order valence-electron chi connectivity index (χ3n) is 3.13. The second kappa shape index (κ2) is 5.30. The fourth-order valence-corrected chi connectivity index (χ4v) is 2.11. The molecular weight excluding hydrogens is 204 g/mol. The van der Waals surface area contributed by atoms with Crippen LogP contribution in [-0.4, -0.2) is 30.2 Å². The Kier molecular flexibility index (Phi) is 4.53. The Bertz CT molecular complexity index is 238. The first-order chi connectivity index (χ1) is 7.48. The summed E-state index contributed by atoms with van der Waals surface area (Å²) in [4.78, 5) is 0. The predicted molar refractivity (Wildman–Crippen MR) is 64.1 cm³/mol. The molecule has 1 aliphatic rings. The minimum atomic E-state index is -0.942. The van der Waals surface area contributed by atoms with Gasteiger partial charge in [0.05, 0.1) is 13.2 Å². The number of hydrogen-bond acceptors (Lipinski definition) is 3. The van der Waals surface area contributed by atoms with Gasteiger partial charge >= 0.3 is 0 Å². The Morgan fingerprint density at radius 2 is 1.94 bits per heavy atom. The molecule has 1 fully saturated rings. The van der Waals surface area contributed by atoms with Crippen molar-refractivity contribution >= 4 is 0 Å². The van der Waals surface area contributed by atoms with Gasteiger partial charge in [-0.2, -0.15) is 0 Å². The van der Waals surface area contributed by atoms with Crippen molar-refractivity contribution in [1.82, 2.24) is 0 Å². The molecule has 0 radical (unpaired) electrons. The van der Waals surface area contributed by atoms with Crippen LogP contribution in [0.1, 0.15) is 40.5 Å². The fourth-order valence-electron chi connectivity index (χ4n) is 2.11. The van der Waals surface area contributed by atoms with Crippen LogP contribution in [0.2, 0.25) is 0 Å². The monoisotopic (exact) mass is 228 g/mol. The summed E-state index contributed by atoms with van der Waals surface area (Å²) >= 11 is 0. The van der Waals surface area contributed by atoms with Crippen LogP contribution in [0.5, 0.6) is 0 Å². The number of ether oxygens (including phenoxy) is 2. The van der Waals surface area contributed by atoms with Gasteiger partial charge in [-0.05, 0) is 26.3 Å². The Hall–Kier alpha value is -0.380. The molecule has 0 amide bonds. The quantitative estimate of drug-likeness (QED) is 0.751.